The lowest BCUT2D eigenvalue weighted by atomic mass is 10.0. The largest absolute Gasteiger partial charge is 0.490 e. The maximum absolute atomic E-state index is 15.2. The SMILES string of the molecule is C[C@@H]1Cn2c(c(C(=O)NCc3c(F)cccc3-c3cccnn3)n(-c3ccc(OC4CC4)cc3)c2=O)CN1C(=O)c1ccc(Br)c(Cl)c1. The first-order valence-electron chi connectivity index (χ1n) is 15.4. The van der Waals surface area contributed by atoms with E-state index in [-0.39, 0.29) is 48.9 Å². The first kappa shape index (κ1) is 31.8. The monoisotopic (exact) mass is 730 g/mol. The van der Waals surface area contributed by atoms with Crippen LogP contribution in [0.3, 0.4) is 0 Å². The number of fused-ring (bicyclic) bond motifs is 1. The Hall–Kier alpha value is -4.81. The molecule has 0 radical (unpaired) electrons. The molecular formula is C35H29BrClFN6O4. The Labute approximate surface area is 288 Å². The van der Waals surface area contributed by atoms with Gasteiger partial charge in [0.15, 0.2) is 0 Å². The molecule has 1 N–H and O–H groups in total. The molecule has 1 aliphatic heterocycles. The van der Waals surface area contributed by atoms with Crippen molar-refractivity contribution in [2.45, 2.75) is 51.5 Å². The van der Waals surface area contributed by atoms with E-state index in [0.717, 1.165) is 12.8 Å². The van der Waals surface area contributed by atoms with Crippen molar-refractivity contribution in [3.05, 3.63) is 127 Å². The highest BCUT2D eigenvalue weighted by atomic mass is 79.9. The molecule has 10 nitrogen and oxygen atoms in total. The van der Waals surface area contributed by atoms with Gasteiger partial charge in [0.1, 0.15) is 17.3 Å². The van der Waals surface area contributed by atoms with Crippen molar-refractivity contribution in [1.29, 1.82) is 0 Å². The molecule has 1 atom stereocenters. The second-order valence-electron chi connectivity index (χ2n) is 11.8. The molecule has 2 amide bonds. The first-order valence-corrected chi connectivity index (χ1v) is 16.6. The molecule has 3 aromatic carbocycles. The number of amides is 2. The van der Waals surface area contributed by atoms with Crippen LogP contribution in [0.2, 0.25) is 5.02 Å². The Bertz CT molecular complexity index is 2100. The minimum absolute atomic E-state index is 0.0217. The number of benzene rings is 3. The normalized spacial score (nSPS) is 15.6. The van der Waals surface area contributed by atoms with Crippen LogP contribution in [0.25, 0.3) is 16.9 Å². The summed E-state index contributed by atoms with van der Waals surface area (Å²) in [6.45, 7) is 1.79. The number of carbonyl (C=O) groups excluding carboxylic acids is 2. The molecule has 1 aliphatic carbocycles. The van der Waals surface area contributed by atoms with Gasteiger partial charge in [-0.1, -0.05) is 23.7 Å². The lowest BCUT2D eigenvalue weighted by Gasteiger charge is -2.34. The smallest absolute Gasteiger partial charge is 0.333 e. The molecule has 1 fully saturated rings. The number of rotatable bonds is 8. The summed E-state index contributed by atoms with van der Waals surface area (Å²) in [5.41, 5.74) is 1.94. The van der Waals surface area contributed by atoms with Gasteiger partial charge in [0, 0.05) is 46.5 Å². The molecule has 3 heterocycles. The van der Waals surface area contributed by atoms with E-state index in [1.165, 1.54) is 21.4 Å². The van der Waals surface area contributed by atoms with Gasteiger partial charge in [-0.05, 0) is 96.4 Å². The molecule has 244 valence electrons. The van der Waals surface area contributed by atoms with Gasteiger partial charge in [-0.15, -0.1) is 0 Å². The van der Waals surface area contributed by atoms with Gasteiger partial charge >= 0.3 is 5.69 Å². The Morgan fingerprint density at radius 2 is 1.88 bits per heavy atom. The summed E-state index contributed by atoms with van der Waals surface area (Å²) in [4.78, 5) is 43.7. The molecule has 0 bridgehead atoms. The van der Waals surface area contributed by atoms with Crippen LogP contribution in [0.1, 0.15) is 51.9 Å². The van der Waals surface area contributed by atoms with Crippen LogP contribution in [-0.2, 0) is 19.6 Å². The third kappa shape index (κ3) is 6.13. The standard InChI is InChI=1S/C35H29BrClFN6O4/c1-20-18-43-31(19-42(20)34(46)21-7-14-27(36)28(37)16-21)32(44(35(43)47)22-8-10-23(11-9-22)48-24-12-13-24)33(45)39-17-26-25(4-2-5-29(26)38)30-6-3-15-40-41-30/h2-11,14-16,20,24H,12-13,17-19H2,1H3,(H,39,45)/t20-/m1/s1. The van der Waals surface area contributed by atoms with E-state index in [0.29, 0.717) is 43.4 Å². The second-order valence-corrected chi connectivity index (χ2v) is 13.1. The van der Waals surface area contributed by atoms with Crippen molar-refractivity contribution in [2.75, 3.05) is 0 Å². The van der Waals surface area contributed by atoms with E-state index in [1.807, 2.05) is 6.92 Å². The molecule has 2 aliphatic rings. The molecular weight excluding hydrogens is 703 g/mol. The molecule has 0 unspecified atom stereocenters. The fourth-order valence-corrected chi connectivity index (χ4v) is 6.31. The molecule has 48 heavy (non-hydrogen) atoms. The minimum Gasteiger partial charge on any atom is -0.490 e. The molecule has 1 saturated carbocycles. The van der Waals surface area contributed by atoms with Gasteiger partial charge in [0.05, 0.1) is 34.7 Å². The van der Waals surface area contributed by atoms with Crippen molar-refractivity contribution in [3.63, 3.8) is 0 Å². The number of carbonyl (C=O) groups is 2. The fourth-order valence-electron chi connectivity index (χ4n) is 5.88. The highest BCUT2D eigenvalue weighted by Gasteiger charge is 2.35. The summed E-state index contributed by atoms with van der Waals surface area (Å²) < 4.78 is 24.6. The van der Waals surface area contributed by atoms with Crippen molar-refractivity contribution in [2.24, 2.45) is 0 Å². The number of nitrogens with one attached hydrogen (secondary N) is 1. The second kappa shape index (κ2) is 13.0. The predicted molar refractivity (Wildman–Crippen MR) is 181 cm³/mol. The van der Waals surface area contributed by atoms with Crippen LogP contribution < -0.4 is 15.7 Å². The summed E-state index contributed by atoms with van der Waals surface area (Å²) in [6, 6.07) is 19.5. The van der Waals surface area contributed by atoms with Crippen LogP contribution in [0.5, 0.6) is 5.75 Å². The summed E-state index contributed by atoms with van der Waals surface area (Å²) >= 11 is 9.66. The number of hydrogen-bond donors (Lipinski definition) is 1. The highest BCUT2D eigenvalue weighted by Crippen LogP contribution is 2.30. The zero-order valence-corrected chi connectivity index (χ0v) is 28.0. The highest BCUT2D eigenvalue weighted by molar-refractivity contribution is 9.10. The fraction of sp³-hybridized carbons (Fsp3) is 0.229. The summed E-state index contributed by atoms with van der Waals surface area (Å²) in [7, 11) is 0. The van der Waals surface area contributed by atoms with Crippen LogP contribution in [0.4, 0.5) is 4.39 Å². The van der Waals surface area contributed by atoms with Gasteiger partial charge in [0.2, 0.25) is 0 Å². The molecule has 0 spiro atoms. The van der Waals surface area contributed by atoms with Crippen LogP contribution in [0.15, 0.2) is 88.3 Å². The van der Waals surface area contributed by atoms with E-state index >= 15 is 4.39 Å². The number of hydrogen-bond acceptors (Lipinski definition) is 6. The third-order valence-electron chi connectivity index (χ3n) is 8.50. The Morgan fingerprint density at radius 3 is 2.58 bits per heavy atom. The van der Waals surface area contributed by atoms with Gasteiger partial charge in [-0.25, -0.2) is 9.18 Å². The number of nitrogens with zero attached hydrogens (tertiary/aromatic N) is 5. The lowest BCUT2D eigenvalue weighted by Crippen LogP contribution is -2.47. The maximum atomic E-state index is 15.2. The van der Waals surface area contributed by atoms with Crippen molar-refractivity contribution in [3.8, 4) is 22.7 Å². The van der Waals surface area contributed by atoms with Gasteiger partial charge in [0.25, 0.3) is 11.8 Å². The topological polar surface area (TPSA) is 111 Å². The summed E-state index contributed by atoms with van der Waals surface area (Å²) in [6.07, 6.45) is 3.71. The van der Waals surface area contributed by atoms with Gasteiger partial charge in [-0.2, -0.15) is 10.2 Å². The van der Waals surface area contributed by atoms with E-state index in [2.05, 4.69) is 31.4 Å². The van der Waals surface area contributed by atoms with E-state index < -0.39 is 17.4 Å². The van der Waals surface area contributed by atoms with Gasteiger partial charge < -0.3 is 15.0 Å². The average Bonchev–Trinajstić information content (AvgIpc) is 3.87. The van der Waals surface area contributed by atoms with E-state index in [1.54, 1.807) is 71.6 Å². The van der Waals surface area contributed by atoms with E-state index in [9.17, 15) is 14.4 Å². The first-order chi connectivity index (χ1) is 23.2. The van der Waals surface area contributed by atoms with Crippen LogP contribution in [0, 0.1) is 5.82 Å². The Balaban J connectivity index is 1.27. The molecule has 5 aromatic rings. The van der Waals surface area contributed by atoms with Gasteiger partial charge in [-0.3, -0.25) is 18.7 Å². The lowest BCUT2D eigenvalue weighted by molar-refractivity contribution is 0.0610. The number of ether oxygens (including phenoxy) is 1. The molecule has 2 aromatic heterocycles. The van der Waals surface area contributed by atoms with Crippen LogP contribution >= 0.6 is 27.5 Å². The number of imidazole rings is 1. The van der Waals surface area contributed by atoms with E-state index in [4.69, 9.17) is 16.3 Å². The Morgan fingerprint density at radius 1 is 1.08 bits per heavy atom. The number of aromatic nitrogens is 4. The Kier molecular flexibility index (Phi) is 8.61. The zero-order valence-electron chi connectivity index (χ0n) is 25.7. The maximum Gasteiger partial charge on any atom is 0.333 e. The summed E-state index contributed by atoms with van der Waals surface area (Å²) in [5, 5.41) is 11.2. The average molecular weight is 732 g/mol. The van der Waals surface area contributed by atoms with Crippen molar-refractivity contribution in [1.82, 2.24) is 29.5 Å². The zero-order chi connectivity index (χ0) is 33.5. The van der Waals surface area contributed by atoms with Crippen molar-refractivity contribution < 1.29 is 18.7 Å². The van der Waals surface area contributed by atoms with Crippen LogP contribution in [-0.4, -0.2) is 48.2 Å². The quantitative estimate of drug-likeness (QED) is 0.205. The summed E-state index contributed by atoms with van der Waals surface area (Å²) in [5.74, 6) is -0.768. The third-order valence-corrected chi connectivity index (χ3v) is 9.73. The molecule has 7 rings (SSSR count). The molecule has 0 saturated heterocycles. The minimum atomic E-state index is -0.610. The van der Waals surface area contributed by atoms with Crippen molar-refractivity contribution >= 4 is 39.3 Å². The molecule has 13 heteroatoms. The number of halogens is 3. The predicted octanol–water partition coefficient (Wildman–Crippen LogP) is 6.17.